The van der Waals surface area contributed by atoms with Crippen molar-refractivity contribution in [3.8, 4) is 5.75 Å². The molecule has 2 rings (SSSR count). The first-order chi connectivity index (χ1) is 8.20. The van der Waals surface area contributed by atoms with Crippen LogP contribution < -0.4 is 5.32 Å². The van der Waals surface area contributed by atoms with Gasteiger partial charge in [-0.05, 0) is 42.2 Å². The second-order valence-corrected chi connectivity index (χ2v) is 4.16. The van der Waals surface area contributed by atoms with Gasteiger partial charge in [0.1, 0.15) is 10.6 Å². The first-order valence-corrected chi connectivity index (χ1v) is 5.89. The predicted octanol–water partition coefficient (Wildman–Crippen LogP) is 2.06. The molecule has 0 saturated heterocycles. The number of aryl methyl sites for hydroxylation is 1. The van der Waals surface area contributed by atoms with Gasteiger partial charge in [0.05, 0.1) is 5.69 Å². The van der Waals surface area contributed by atoms with E-state index in [0.717, 1.165) is 11.5 Å². The number of hydrogen-bond acceptors (Lipinski definition) is 5. The third kappa shape index (κ3) is 2.59. The molecule has 0 unspecified atom stereocenters. The number of phenolic OH excluding ortho intramolecular Hbond substituents is 1. The minimum atomic E-state index is -0.220. The first-order valence-electron chi connectivity index (χ1n) is 5.12. The van der Waals surface area contributed by atoms with E-state index >= 15 is 0 Å². The summed E-state index contributed by atoms with van der Waals surface area (Å²) in [6, 6.07) is 6.29. The fourth-order valence-corrected chi connectivity index (χ4v) is 1.99. The van der Waals surface area contributed by atoms with Crippen LogP contribution in [0.4, 0.5) is 5.69 Å². The fourth-order valence-electron chi connectivity index (χ4n) is 1.35. The average Bonchev–Trinajstić information content (AvgIpc) is 2.80. The zero-order valence-electron chi connectivity index (χ0n) is 9.17. The van der Waals surface area contributed by atoms with E-state index in [2.05, 4.69) is 14.9 Å². The molecule has 2 aromatic rings. The molecule has 0 aliphatic carbocycles. The van der Waals surface area contributed by atoms with Gasteiger partial charge in [-0.25, -0.2) is 0 Å². The molecule has 0 radical (unpaired) electrons. The Labute approximate surface area is 102 Å². The number of anilines is 1. The largest absolute Gasteiger partial charge is 0.508 e. The molecule has 0 saturated carbocycles. The highest BCUT2D eigenvalue weighted by atomic mass is 32.1. The van der Waals surface area contributed by atoms with Gasteiger partial charge in [0.15, 0.2) is 0 Å². The number of amides is 1. The van der Waals surface area contributed by atoms with Gasteiger partial charge >= 0.3 is 0 Å². The van der Waals surface area contributed by atoms with Gasteiger partial charge in [0, 0.05) is 5.69 Å². The van der Waals surface area contributed by atoms with Gasteiger partial charge in [0.2, 0.25) is 0 Å². The molecular formula is C11H11N3O2S. The molecule has 1 heterocycles. The highest BCUT2D eigenvalue weighted by Gasteiger charge is 2.14. The lowest BCUT2D eigenvalue weighted by atomic mass is 10.2. The van der Waals surface area contributed by atoms with Gasteiger partial charge in [-0.1, -0.05) is 11.4 Å². The average molecular weight is 249 g/mol. The molecular weight excluding hydrogens is 238 g/mol. The summed E-state index contributed by atoms with van der Waals surface area (Å²) in [4.78, 5) is 12.4. The summed E-state index contributed by atoms with van der Waals surface area (Å²) in [6.45, 7) is 1.92. The number of phenols is 1. The number of nitrogens with one attached hydrogen (secondary N) is 1. The molecule has 1 aromatic carbocycles. The highest BCUT2D eigenvalue weighted by Crippen LogP contribution is 2.17. The van der Waals surface area contributed by atoms with Crippen LogP contribution >= 0.6 is 11.5 Å². The van der Waals surface area contributed by atoms with E-state index in [1.807, 2.05) is 6.92 Å². The van der Waals surface area contributed by atoms with Crippen LogP contribution in [-0.4, -0.2) is 20.6 Å². The quantitative estimate of drug-likeness (QED) is 0.816. The van der Waals surface area contributed by atoms with Crippen molar-refractivity contribution >= 4 is 23.1 Å². The number of rotatable bonds is 3. The lowest BCUT2D eigenvalue weighted by molar-refractivity contribution is 0.102. The maximum absolute atomic E-state index is 11.9. The predicted molar refractivity (Wildman–Crippen MR) is 65.3 cm³/mol. The van der Waals surface area contributed by atoms with Crippen molar-refractivity contribution < 1.29 is 9.90 Å². The zero-order chi connectivity index (χ0) is 12.3. The standard InChI is InChI=1S/C11H11N3O2S/c1-2-9-10(17-14-13-9)11(16)12-7-3-5-8(15)6-4-7/h3-6,15H,2H2,1H3,(H,12,16). The first kappa shape index (κ1) is 11.5. The van der Waals surface area contributed by atoms with E-state index in [4.69, 9.17) is 5.11 Å². The Morgan fingerprint density at radius 1 is 1.41 bits per heavy atom. The minimum absolute atomic E-state index is 0.164. The number of aromatic nitrogens is 2. The number of hydrogen-bond donors (Lipinski definition) is 2. The SMILES string of the molecule is CCc1nnsc1C(=O)Nc1ccc(O)cc1. The van der Waals surface area contributed by atoms with Crippen LogP contribution in [0.5, 0.6) is 5.75 Å². The van der Waals surface area contributed by atoms with Gasteiger partial charge in [0.25, 0.3) is 5.91 Å². The Kier molecular flexibility index (Phi) is 3.34. The molecule has 0 aliphatic rings. The number of aromatic hydroxyl groups is 1. The van der Waals surface area contributed by atoms with Gasteiger partial charge in [-0.3, -0.25) is 4.79 Å². The summed E-state index contributed by atoms with van der Waals surface area (Å²) in [6.07, 6.45) is 0.675. The Bertz CT molecular complexity index is 522. The third-order valence-electron chi connectivity index (χ3n) is 2.22. The molecule has 1 amide bonds. The smallest absolute Gasteiger partial charge is 0.269 e. The second kappa shape index (κ2) is 4.92. The van der Waals surface area contributed by atoms with Crippen molar-refractivity contribution in [3.05, 3.63) is 34.8 Å². The van der Waals surface area contributed by atoms with Crippen molar-refractivity contribution in [2.45, 2.75) is 13.3 Å². The number of benzene rings is 1. The molecule has 0 bridgehead atoms. The molecule has 0 fully saturated rings. The normalized spacial score (nSPS) is 10.2. The number of nitrogens with zero attached hydrogens (tertiary/aromatic N) is 2. The molecule has 6 heteroatoms. The maximum Gasteiger partial charge on any atom is 0.269 e. The van der Waals surface area contributed by atoms with Crippen molar-refractivity contribution in [1.29, 1.82) is 0 Å². The monoisotopic (exact) mass is 249 g/mol. The molecule has 1 aromatic heterocycles. The van der Waals surface area contributed by atoms with Crippen LogP contribution in [0, 0.1) is 0 Å². The maximum atomic E-state index is 11.9. The third-order valence-corrected chi connectivity index (χ3v) is 2.99. The van der Waals surface area contributed by atoms with Gasteiger partial charge < -0.3 is 10.4 Å². The number of carbonyl (C=O) groups excluding carboxylic acids is 1. The zero-order valence-corrected chi connectivity index (χ0v) is 9.99. The van der Waals surface area contributed by atoms with E-state index in [-0.39, 0.29) is 11.7 Å². The van der Waals surface area contributed by atoms with Crippen LogP contribution in [0.1, 0.15) is 22.3 Å². The van der Waals surface area contributed by atoms with Crippen molar-refractivity contribution in [3.63, 3.8) is 0 Å². The fraction of sp³-hybridized carbons (Fsp3) is 0.182. The van der Waals surface area contributed by atoms with Crippen molar-refractivity contribution in [2.24, 2.45) is 0 Å². The molecule has 0 atom stereocenters. The lowest BCUT2D eigenvalue weighted by Crippen LogP contribution is -2.12. The van der Waals surface area contributed by atoms with E-state index in [0.29, 0.717) is 22.7 Å². The summed E-state index contributed by atoms with van der Waals surface area (Å²) < 4.78 is 3.76. The summed E-state index contributed by atoms with van der Waals surface area (Å²) >= 11 is 1.08. The topological polar surface area (TPSA) is 75.1 Å². The number of carbonyl (C=O) groups is 1. The van der Waals surface area contributed by atoms with Crippen LogP contribution in [0.25, 0.3) is 0 Å². The van der Waals surface area contributed by atoms with Crippen molar-refractivity contribution in [2.75, 3.05) is 5.32 Å². The Hall–Kier alpha value is -1.95. The summed E-state index contributed by atoms with van der Waals surface area (Å²) in [5.74, 6) is -0.0563. The van der Waals surface area contributed by atoms with Crippen molar-refractivity contribution in [1.82, 2.24) is 9.59 Å². The molecule has 0 aliphatic heterocycles. The van der Waals surface area contributed by atoms with E-state index in [9.17, 15) is 4.79 Å². The Morgan fingerprint density at radius 3 is 2.76 bits per heavy atom. The summed E-state index contributed by atoms with van der Waals surface area (Å²) in [5, 5.41) is 15.7. The molecule has 88 valence electrons. The highest BCUT2D eigenvalue weighted by molar-refractivity contribution is 7.08. The van der Waals surface area contributed by atoms with Gasteiger partial charge in [-0.2, -0.15) is 0 Å². The van der Waals surface area contributed by atoms with Crippen LogP contribution in [-0.2, 0) is 6.42 Å². The Balaban J connectivity index is 2.14. The summed E-state index contributed by atoms with van der Waals surface area (Å²) in [7, 11) is 0. The molecule has 5 nitrogen and oxygen atoms in total. The molecule has 17 heavy (non-hydrogen) atoms. The van der Waals surface area contributed by atoms with E-state index < -0.39 is 0 Å². The molecule has 0 spiro atoms. The summed E-state index contributed by atoms with van der Waals surface area (Å²) in [5.41, 5.74) is 1.33. The van der Waals surface area contributed by atoms with Crippen LogP contribution in [0.2, 0.25) is 0 Å². The van der Waals surface area contributed by atoms with Crippen LogP contribution in [0.3, 0.4) is 0 Å². The lowest BCUT2D eigenvalue weighted by Gasteiger charge is -2.03. The van der Waals surface area contributed by atoms with E-state index in [1.54, 1.807) is 12.1 Å². The van der Waals surface area contributed by atoms with Gasteiger partial charge in [-0.15, -0.1) is 5.10 Å². The minimum Gasteiger partial charge on any atom is -0.508 e. The van der Waals surface area contributed by atoms with E-state index in [1.165, 1.54) is 12.1 Å². The second-order valence-electron chi connectivity index (χ2n) is 3.40. The van der Waals surface area contributed by atoms with Crippen LogP contribution in [0.15, 0.2) is 24.3 Å². The molecule has 2 N–H and O–H groups in total. The Morgan fingerprint density at radius 2 is 2.12 bits per heavy atom.